The van der Waals surface area contributed by atoms with E-state index >= 15 is 0 Å². The lowest BCUT2D eigenvalue weighted by atomic mass is 10.0. The molecule has 0 fully saturated rings. The molecule has 0 radical (unpaired) electrons. The fourth-order valence-corrected chi connectivity index (χ4v) is 2.91. The maximum atomic E-state index is 12.3. The fourth-order valence-electron chi connectivity index (χ4n) is 2.35. The van der Waals surface area contributed by atoms with Gasteiger partial charge in [-0.15, -0.1) is 0 Å². The largest absolute Gasteiger partial charge is 0.461 e. The van der Waals surface area contributed by atoms with Crippen LogP contribution in [0.5, 0.6) is 0 Å². The molecule has 4 N–H and O–H groups in total. The summed E-state index contributed by atoms with van der Waals surface area (Å²) in [5, 5.41) is 5.07. The summed E-state index contributed by atoms with van der Waals surface area (Å²) in [7, 11) is -3.88. The summed E-state index contributed by atoms with van der Waals surface area (Å²) in [4.78, 5) is 24.0. The van der Waals surface area contributed by atoms with Gasteiger partial charge in [0.2, 0.25) is 10.0 Å². The van der Waals surface area contributed by atoms with E-state index in [0.29, 0.717) is 5.56 Å². The smallest absolute Gasteiger partial charge is 0.306 e. The van der Waals surface area contributed by atoms with Crippen LogP contribution in [0.25, 0.3) is 0 Å². The first-order valence-corrected chi connectivity index (χ1v) is 9.44. The van der Waals surface area contributed by atoms with Crippen LogP contribution in [-0.4, -0.2) is 20.2 Å². The summed E-state index contributed by atoms with van der Waals surface area (Å²) >= 11 is 0. The van der Waals surface area contributed by atoms with Gasteiger partial charge in [0.15, 0.2) is 5.78 Å². The van der Waals surface area contributed by atoms with Gasteiger partial charge in [0.1, 0.15) is 6.61 Å². The maximum Gasteiger partial charge on any atom is 0.306 e. The molecular weight excluding hydrogens is 356 g/mol. The first-order chi connectivity index (χ1) is 12.3. The van der Waals surface area contributed by atoms with Crippen molar-refractivity contribution in [2.75, 3.05) is 0 Å². The highest BCUT2D eigenvalue weighted by molar-refractivity contribution is 7.89. The number of hydrogen-bond donors (Lipinski definition) is 2. The van der Waals surface area contributed by atoms with E-state index in [4.69, 9.17) is 15.6 Å². The summed E-state index contributed by atoms with van der Waals surface area (Å²) in [6, 6.07) is 13.1. The van der Waals surface area contributed by atoms with Crippen molar-refractivity contribution in [1.82, 2.24) is 0 Å². The van der Waals surface area contributed by atoms with Gasteiger partial charge < -0.3 is 10.5 Å². The minimum Gasteiger partial charge on any atom is -0.461 e. The molecule has 0 aromatic heterocycles. The third-order valence-electron chi connectivity index (χ3n) is 3.72. The second-order valence-corrected chi connectivity index (χ2v) is 7.20. The summed E-state index contributed by atoms with van der Waals surface area (Å²) in [5.74, 6) is -0.805. The average Bonchev–Trinajstić information content (AvgIpc) is 2.64. The van der Waals surface area contributed by atoms with Gasteiger partial charge in [-0.1, -0.05) is 30.3 Å². The summed E-state index contributed by atoms with van der Waals surface area (Å²) in [5.41, 5.74) is 7.08. The first-order valence-electron chi connectivity index (χ1n) is 7.90. The van der Waals surface area contributed by atoms with Gasteiger partial charge in [-0.2, -0.15) is 0 Å². The highest BCUT2D eigenvalue weighted by atomic mass is 32.2. The molecule has 8 heteroatoms. The number of Topliss-reactive ketones (excluding diaryl/α,β-unsaturated/α-hetero) is 1. The number of benzene rings is 2. The molecule has 0 aliphatic rings. The molecule has 2 aromatic carbocycles. The molecule has 0 saturated carbocycles. The lowest BCUT2D eigenvalue weighted by Gasteiger charge is -2.09. The molecule has 138 valence electrons. The van der Waals surface area contributed by atoms with Crippen LogP contribution in [0.1, 0.15) is 34.3 Å². The van der Waals surface area contributed by atoms with Crippen LogP contribution in [0, 0.1) is 0 Å². The van der Waals surface area contributed by atoms with E-state index in [0.717, 1.165) is 5.56 Å². The monoisotopic (exact) mass is 376 g/mol. The number of rotatable bonds is 8. The highest BCUT2D eigenvalue weighted by Crippen LogP contribution is 2.17. The molecule has 0 aliphatic carbocycles. The number of carbonyl (C=O) groups excluding carboxylic acids is 2. The SMILES string of the molecule is NCc1cc(S(N)(=O)=O)ccc1C(=O)CCC(=O)OCc1ccccc1. The Bertz CT molecular complexity index is 895. The number of ether oxygens (including phenoxy) is 1. The van der Waals surface area contributed by atoms with E-state index in [1.165, 1.54) is 18.2 Å². The third-order valence-corrected chi connectivity index (χ3v) is 4.64. The second-order valence-electron chi connectivity index (χ2n) is 5.64. The highest BCUT2D eigenvalue weighted by Gasteiger charge is 2.16. The minimum atomic E-state index is -3.88. The predicted molar refractivity (Wildman–Crippen MR) is 95.5 cm³/mol. The molecule has 26 heavy (non-hydrogen) atoms. The van der Waals surface area contributed by atoms with Crippen molar-refractivity contribution in [3.63, 3.8) is 0 Å². The van der Waals surface area contributed by atoms with Crippen molar-refractivity contribution in [1.29, 1.82) is 0 Å². The fraction of sp³-hybridized carbons (Fsp3) is 0.222. The topological polar surface area (TPSA) is 130 Å². The Hall–Kier alpha value is -2.55. The van der Waals surface area contributed by atoms with E-state index in [9.17, 15) is 18.0 Å². The number of ketones is 1. The molecule has 2 rings (SSSR count). The zero-order valence-corrected chi connectivity index (χ0v) is 14.9. The van der Waals surface area contributed by atoms with Crippen LogP contribution in [0.4, 0.5) is 0 Å². The van der Waals surface area contributed by atoms with Gasteiger partial charge in [-0.3, -0.25) is 9.59 Å². The van der Waals surface area contributed by atoms with Gasteiger partial charge in [0.05, 0.1) is 11.3 Å². The Balaban J connectivity index is 1.96. The molecule has 0 aliphatic heterocycles. The summed E-state index contributed by atoms with van der Waals surface area (Å²) in [6.07, 6.45) is -0.137. The number of sulfonamides is 1. The van der Waals surface area contributed by atoms with E-state index in [-0.39, 0.29) is 42.2 Å². The van der Waals surface area contributed by atoms with E-state index < -0.39 is 16.0 Å². The van der Waals surface area contributed by atoms with Crippen molar-refractivity contribution in [2.24, 2.45) is 10.9 Å². The number of carbonyl (C=O) groups is 2. The van der Waals surface area contributed by atoms with Crippen molar-refractivity contribution >= 4 is 21.8 Å². The molecule has 0 heterocycles. The zero-order valence-electron chi connectivity index (χ0n) is 14.1. The Labute approximate surface area is 152 Å². The Kier molecular flexibility index (Phi) is 6.62. The maximum absolute atomic E-state index is 12.3. The average molecular weight is 376 g/mol. The normalized spacial score (nSPS) is 11.2. The molecular formula is C18H20N2O5S. The van der Waals surface area contributed by atoms with E-state index in [1.54, 1.807) is 0 Å². The van der Waals surface area contributed by atoms with Crippen molar-refractivity contribution in [2.45, 2.75) is 30.9 Å². The molecule has 0 spiro atoms. The number of hydrogen-bond acceptors (Lipinski definition) is 6. The quantitative estimate of drug-likeness (QED) is 0.530. The lowest BCUT2D eigenvalue weighted by Crippen LogP contribution is -2.15. The van der Waals surface area contributed by atoms with Gasteiger partial charge >= 0.3 is 5.97 Å². The molecule has 0 atom stereocenters. The van der Waals surface area contributed by atoms with E-state index in [2.05, 4.69) is 0 Å². The number of primary sulfonamides is 1. The van der Waals surface area contributed by atoms with Gasteiger partial charge in [-0.25, -0.2) is 13.6 Å². The standard InChI is InChI=1S/C18H20N2O5S/c19-11-14-10-15(26(20,23)24)6-7-16(14)17(21)8-9-18(22)25-12-13-4-2-1-3-5-13/h1-7,10H,8-9,11-12,19H2,(H2,20,23,24). The third kappa shape index (κ3) is 5.48. The summed E-state index contributed by atoms with van der Waals surface area (Å²) in [6.45, 7) is 0.119. The van der Waals surface area contributed by atoms with Gasteiger partial charge in [-0.05, 0) is 29.3 Å². The van der Waals surface area contributed by atoms with Crippen LogP contribution < -0.4 is 10.9 Å². The first kappa shape index (κ1) is 19.8. The van der Waals surface area contributed by atoms with Crippen LogP contribution in [0.15, 0.2) is 53.4 Å². The van der Waals surface area contributed by atoms with Crippen LogP contribution >= 0.6 is 0 Å². The second kappa shape index (κ2) is 8.70. The Morgan fingerprint density at radius 3 is 2.31 bits per heavy atom. The van der Waals surface area contributed by atoms with Crippen LogP contribution in [-0.2, 0) is 32.7 Å². The molecule has 0 amide bonds. The number of nitrogens with two attached hydrogens (primary N) is 2. The molecule has 0 bridgehead atoms. The Morgan fingerprint density at radius 1 is 1.00 bits per heavy atom. The van der Waals surface area contributed by atoms with Crippen LogP contribution in [0.3, 0.4) is 0 Å². The molecule has 7 nitrogen and oxygen atoms in total. The van der Waals surface area contributed by atoms with Crippen molar-refractivity contribution in [3.8, 4) is 0 Å². The van der Waals surface area contributed by atoms with Crippen molar-refractivity contribution in [3.05, 3.63) is 65.2 Å². The van der Waals surface area contributed by atoms with E-state index in [1.807, 2.05) is 30.3 Å². The lowest BCUT2D eigenvalue weighted by molar-refractivity contribution is -0.144. The zero-order chi connectivity index (χ0) is 19.2. The predicted octanol–water partition coefficient (Wildman–Crippen LogP) is 1.50. The molecule has 0 unspecified atom stereocenters. The van der Waals surface area contributed by atoms with Gasteiger partial charge in [0.25, 0.3) is 0 Å². The van der Waals surface area contributed by atoms with Gasteiger partial charge in [0, 0.05) is 18.5 Å². The summed E-state index contributed by atoms with van der Waals surface area (Å²) < 4.78 is 27.9. The van der Waals surface area contributed by atoms with Crippen molar-refractivity contribution < 1.29 is 22.7 Å². The molecule has 0 saturated heterocycles. The van der Waals surface area contributed by atoms with Crippen LogP contribution in [0.2, 0.25) is 0 Å². The molecule has 2 aromatic rings. The minimum absolute atomic E-state index is 0.0249. The Morgan fingerprint density at radius 2 is 1.69 bits per heavy atom. The number of esters is 1.